The normalized spacial score (nSPS) is 24.8. The average molecular weight is 479 g/mol. The number of carbonyl (C=O) groups excluding carboxylic acids is 3. The van der Waals surface area contributed by atoms with Crippen molar-refractivity contribution in [2.45, 2.75) is 63.1 Å². The molecule has 34 heavy (non-hydrogen) atoms. The minimum absolute atomic E-state index is 0.200. The Hall–Kier alpha value is -2.59. The van der Waals surface area contributed by atoms with Crippen LogP contribution in [-0.2, 0) is 16.1 Å². The van der Waals surface area contributed by atoms with E-state index >= 15 is 0 Å². The number of alkyl halides is 2. The van der Waals surface area contributed by atoms with Crippen LogP contribution < -0.4 is 15.4 Å². The first kappa shape index (κ1) is 24.5. The van der Waals surface area contributed by atoms with Gasteiger partial charge in [-0.15, -0.1) is 0 Å². The fraction of sp³-hybridized carbons (Fsp3) is 0.625. The van der Waals surface area contributed by atoms with Gasteiger partial charge >= 0.3 is 0 Å². The van der Waals surface area contributed by atoms with E-state index < -0.39 is 23.9 Å². The summed E-state index contributed by atoms with van der Waals surface area (Å²) in [4.78, 5) is 39.7. The second kappa shape index (κ2) is 10.4. The number of fused-ring (bicyclic) bond motifs is 1. The van der Waals surface area contributed by atoms with Crippen LogP contribution in [0, 0.1) is 0 Å². The minimum atomic E-state index is -2.70. The van der Waals surface area contributed by atoms with Crippen molar-refractivity contribution in [1.82, 2.24) is 20.4 Å². The first-order valence-corrected chi connectivity index (χ1v) is 12.0. The zero-order valence-electron chi connectivity index (χ0n) is 19.4. The first-order valence-electron chi connectivity index (χ1n) is 12.0. The van der Waals surface area contributed by atoms with Crippen molar-refractivity contribution in [3.05, 3.63) is 29.3 Å². The van der Waals surface area contributed by atoms with E-state index in [0.717, 1.165) is 24.8 Å². The maximum atomic E-state index is 14.0. The SMILES string of the molecule is CNC1CCN(CCCCCOc2ccc3c(c2)C(=O)N(C2CCC(=O)NC2=O)C3)CC1(F)F. The van der Waals surface area contributed by atoms with Gasteiger partial charge in [0.1, 0.15) is 11.8 Å². The molecule has 3 aliphatic heterocycles. The average Bonchev–Trinajstić information content (AvgIpc) is 3.11. The maximum Gasteiger partial charge on any atom is 0.275 e. The van der Waals surface area contributed by atoms with Crippen LogP contribution in [0.1, 0.15) is 54.4 Å². The highest BCUT2D eigenvalue weighted by molar-refractivity contribution is 6.05. The number of amides is 3. The van der Waals surface area contributed by atoms with Gasteiger partial charge < -0.3 is 15.0 Å². The fourth-order valence-electron chi connectivity index (χ4n) is 4.98. The Morgan fingerprint density at radius 2 is 2.00 bits per heavy atom. The molecule has 0 radical (unpaired) electrons. The molecule has 2 saturated heterocycles. The molecule has 0 aliphatic carbocycles. The zero-order chi connectivity index (χ0) is 24.3. The second-order valence-electron chi connectivity index (χ2n) is 9.30. The monoisotopic (exact) mass is 478 g/mol. The predicted octanol–water partition coefficient (Wildman–Crippen LogP) is 1.93. The molecule has 4 rings (SSSR count). The second-order valence-corrected chi connectivity index (χ2v) is 9.30. The van der Waals surface area contributed by atoms with Gasteiger partial charge in [-0.1, -0.05) is 6.07 Å². The van der Waals surface area contributed by atoms with E-state index in [4.69, 9.17) is 4.74 Å². The number of halogens is 2. The van der Waals surface area contributed by atoms with Gasteiger partial charge in [0.15, 0.2) is 0 Å². The Morgan fingerprint density at radius 1 is 1.18 bits per heavy atom. The summed E-state index contributed by atoms with van der Waals surface area (Å²) in [5.74, 6) is -3.07. The Morgan fingerprint density at radius 3 is 2.74 bits per heavy atom. The maximum absolute atomic E-state index is 14.0. The molecule has 8 nitrogen and oxygen atoms in total. The Kier molecular flexibility index (Phi) is 7.47. The molecule has 3 aliphatic rings. The Labute approximate surface area is 198 Å². The van der Waals surface area contributed by atoms with E-state index in [1.165, 1.54) is 4.90 Å². The van der Waals surface area contributed by atoms with Gasteiger partial charge in [-0.25, -0.2) is 8.78 Å². The third kappa shape index (κ3) is 5.38. The highest BCUT2D eigenvalue weighted by Crippen LogP contribution is 2.30. The van der Waals surface area contributed by atoms with E-state index in [1.54, 1.807) is 13.1 Å². The number of unbranched alkanes of at least 4 members (excludes halogenated alkanes) is 2. The van der Waals surface area contributed by atoms with Crippen molar-refractivity contribution in [3.8, 4) is 5.75 Å². The van der Waals surface area contributed by atoms with Crippen LogP contribution in [0.4, 0.5) is 8.78 Å². The molecule has 2 N–H and O–H groups in total. The number of benzene rings is 1. The van der Waals surface area contributed by atoms with Crippen LogP contribution in [0.3, 0.4) is 0 Å². The number of piperidine rings is 2. The minimum Gasteiger partial charge on any atom is -0.494 e. The number of nitrogens with zero attached hydrogens (tertiary/aromatic N) is 2. The zero-order valence-corrected chi connectivity index (χ0v) is 19.4. The van der Waals surface area contributed by atoms with Crippen LogP contribution in [-0.4, -0.2) is 78.8 Å². The molecule has 0 bridgehead atoms. The lowest BCUT2D eigenvalue weighted by Crippen LogP contribution is -2.56. The Balaban J connectivity index is 1.19. The summed E-state index contributed by atoms with van der Waals surface area (Å²) in [6.07, 6.45) is 3.49. The molecule has 2 fully saturated rings. The Bertz CT molecular complexity index is 942. The lowest BCUT2D eigenvalue weighted by Gasteiger charge is -2.38. The third-order valence-electron chi connectivity index (χ3n) is 6.91. The lowest BCUT2D eigenvalue weighted by atomic mass is 10.0. The summed E-state index contributed by atoms with van der Waals surface area (Å²) in [5.41, 5.74) is 1.36. The number of hydrogen-bond acceptors (Lipinski definition) is 6. The van der Waals surface area contributed by atoms with Gasteiger partial charge in [-0.3, -0.25) is 24.6 Å². The summed E-state index contributed by atoms with van der Waals surface area (Å²) in [5, 5.41) is 5.01. The largest absolute Gasteiger partial charge is 0.494 e. The smallest absolute Gasteiger partial charge is 0.275 e. The van der Waals surface area contributed by atoms with Crippen LogP contribution in [0.5, 0.6) is 5.75 Å². The summed E-state index contributed by atoms with van der Waals surface area (Å²) in [6.45, 7) is 1.94. The van der Waals surface area contributed by atoms with Crippen molar-refractivity contribution in [3.63, 3.8) is 0 Å². The summed E-state index contributed by atoms with van der Waals surface area (Å²) in [6, 6.07) is 3.98. The highest BCUT2D eigenvalue weighted by Gasteiger charge is 2.43. The van der Waals surface area contributed by atoms with Crippen molar-refractivity contribution >= 4 is 17.7 Å². The first-order chi connectivity index (χ1) is 16.3. The van der Waals surface area contributed by atoms with Crippen LogP contribution in [0.2, 0.25) is 0 Å². The lowest BCUT2D eigenvalue weighted by molar-refractivity contribution is -0.136. The number of nitrogens with one attached hydrogen (secondary N) is 2. The molecule has 0 aromatic heterocycles. The van der Waals surface area contributed by atoms with Crippen molar-refractivity contribution in [2.75, 3.05) is 33.3 Å². The van der Waals surface area contributed by atoms with Gasteiger partial charge in [0, 0.05) is 25.1 Å². The van der Waals surface area contributed by atoms with Crippen LogP contribution in [0.25, 0.3) is 0 Å². The molecule has 3 heterocycles. The van der Waals surface area contributed by atoms with Crippen LogP contribution in [0.15, 0.2) is 18.2 Å². The number of imide groups is 1. The number of ether oxygens (including phenoxy) is 1. The van der Waals surface area contributed by atoms with Gasteiger partial charge in [0.05, 0.1) is 19.2 Å². The van der Waals surface area contributed by atoms with Crippen molar-refractivity contribution < 1.29 is 27.9 Å². The quantitative estimate of drug-likeness (QED) is 0.416. The van der Waals surface area contributed by atoms with E-state index in [0.29, 0.717) is 50.4 Å². The fourth-order valence-corrected chi connectivity index (χ4v) is 4.98. The molecule has 1 aromatic carbocycles. The van der Waals surface area contributed by atoms with Gasteiger partial charge in [0.2, 0.25) is 11.8 Å². The standard InChI is InChI=1S/C24H32F2N4O4/c1-27-20-9-11-29(15-24(20,25)26)10-3-2-4-12-34-17-6-5-16-14-30(23(33)18(16)13-17)19-7-8-21(31)28-22(19)32/h5-6,13,19-20,27H,2-4,7-12,14-15H2,1H3,(H,28,31,32). The predicted molar refractivity (Wildman–Crippen MR) is 121 cm³/mol. The number of hydrogen-bond donors (Lipinski definition) is 2. The summed E-state index contributed by atoms with van der Waals surface area (Å²) >= 11 is 0. The van der Waals surface area contributed by atoms with E-state index in [-0.39, 0.29) is 24.8 Å². The molecule has 0 spiro atoms. The molecule has 3 amide bonds. The highest BCUT2D eigenvalue weighted by atomic mass is 19.3. The third-order valence-corrected chi connectivity index (χ3v) is 6.91. The molecule has 2 unspecified atom stereocenters. The molecule has 2 atom stereocenters. The molecular weight excluding hydrogens is 446 g/mol. The molecule has 186 valence electrons. The number of rotatable bonds is 9. The van der Waals surface area contributed by atoms with E-state index in [9.17, 15) is 23.2 Å². The topological polar surface area (TPSA) is 91.0 Å². The van der Waals surface area contributed by atoms with Crippen molar-refractivity contribution in [1.29, 1.82) is 0 Å². The number of likely N-dealkylation sites (tertiary alicyclic amines) is 1. The summed E-state index contributed by atoms with van der Waals surface area (Å²) in [7, 11) is 1.58. The summed E-state index contributed by atoms with van der Waals surface area (Å²) < 4.78 is 33.9. The molecular formula is C24H32F2N4O4. The van der Waals surface area contributed by atoms with Gasteiger partial charge in [-0.05, 0) is 63.4 Å². The van der Waals surface area contributed by atoms with Crippen LogP contribution >= 0.6 is 0 Å². The van der Waals surface area contributed by atoms with E-state index in [1.807, 2.05) is 17.0 Å². The van der Waals surface area contributed by atoms with Crippen molar-refractivity contribution in [2.24, 2.45) is 0 Å². The number of carbonyl (C=O) groups is 3. The molecule has 10 heteroatoms. The van der Waals surface area contributed by atoms with E-state index in [2.05, 4.69) is 10.6 Å². The molecule has 0 saturated carbocycles. The molecule has 1 aromatic rings. The van der Waals surface area contributed by atoms with Gasteiger partial charge in [0.25, 0.3) is 11.8 Å². The van der Waals surface area contributed by atoms with Gasteiger partial charge in [-0.2, -0.15) is 0 Å².